The Morgan fingerprint density at radius 2 is 1.83 bits per heavy atom. The molecule has 0 fully saturated rings. The van der Waals surface area contributed by atoms with Gasteiger partial charge < -0.3 is 19.9 Å². The van der Waals surface area contributed by atoms with Crippen LogP contribution in [0.25, 0.3) is 10.9 Å². The van der Waals surface area contributed by atoms with Gasteiger partial charge in [0.25, 0.3) is 5.91 Å². The first-order chi connectivity index (χ1) is 14.1. The number of nitrogens with one attached hydrogen (secondary N) is 2. The van der Waals surface area contributed by atoms with E-state index in [9.17, 15) is 9.59 Å². The topological polar surface area (TPSA) is 74.4 Å². The van der Waals surface area contributed by atoms with Crippen molar-refractivity contribution < 1.29 is 14.3 Å². The Hall–Kier alpha value is -3.28. The lowest BCUT2D eigenvalue weighted by Crippen LogP contribution is -2.31. The van der Waals surface area contributed by atoms with Crippen molar-refractivity contribution in [3.05, 3.63) is 66.4 Å². The van der Waals surface area contributed by atoms with Gasteiger partial charge in [-0.25, -0.2) is 0 Å². The van der Waals surface area contributed by atoms with E-state index in [2.05, 4.69) is 15.2 Å². The first kappa shape index (κ1) is 20.5. The van der Waals surface area contributed by atoms with Crippen molar-refractivity contribution >= 4 is 28.5 Å². The van der Waals surface area contributed by atoms with Crippen LogP contribution in [0.2, 0.25) is 0 Å². The third-order valence-electron chi connectivity index (χ3n) is 4.83. The normalized spacial score (nSPS) is 10.7. The molecule has 2 aromatic carbocycles. The minimum absolute atomic E-state index is 0.235. The molecule has 2 N–H and O–H groups in total. The zero-order chi connectivity index (χ0) is 20.5. The number of rotatable bonds is 10. The van der Waals surface area contributed by atoms with E-state index in [0.29, 0.717) is 13.0 Å². The molecule has 0 bridgehead atoms. The second kappa shape index (κ2) is 10.3. The molecule has 0 aliphatic carbocycles. The lowest BCUT2D eigenvalue weighted by atomic mass is 10.1. The van der Waals surface area contributed by atoms with Crippen LogP contribution in [0.4, 0.5) is 5.69 Å². The van der Waals surface area contributed by atoms with Crippen LogP contribution < -0.4 is 10.2 Å². The molecule has 1 heterocycles. The van der Waals surface area contributed by atoms with Crippen molar-refractivity contribution in [1.82, 2.24) is 10.3 Å². The Kier molecular flexibility index (Phi) is 7.28. The maximum absolute atomic E-state index is 11.9. The van der Waals surface area contributed by atoms with Gasteiger partial charge in [0.2, 0.25) is 0 Å². The maximum Gasteiger partial charge on any atom is 0.306 e. The van der Waals surface area contributed by atoms with Gasteiger partial charge in [0, 0.05) is 49.3 Å². The summed E-state index contributed by atoms with van der Waals surface area (Å²) in [6.45, 7) is 1.14. The van der Waals surface area contributed by atoms with Crippen molar-refractivity contribution in [2.45, 2.75) is 19.3 Å². The highest BCUT2D eigenvalue weighted by Crippen LogP contribution is 2.19. The molecular formula is C23H27N3O3. The average Bonchev–Trinajstić information content (AvgIpc) is 3.17. The lowest BCUT2D eigenvalue weighted by molar-refractivity contribution is -0.148. The molecule has 6 nitrogen and oxygen atoms in total. The Morgan fingerprint density at radius 1 is 1.07 bits per heavy atom. The van der Waals surface area contributed by atoms with Crippen molar-refractivity contribution in [1.29, 1.82) is 0 Å². The van der Waals surface area contributed by atoms with E-state index in [1.54, 1.807) is 0 Å². The van der Waals surface area contributed by atoms with Gasteiger partial charge in [0.05, 0.1) is 0 Å². The van der Waals surface area contributed by atoms with E-state index in [1.807, 2.05) is 67.8 Å². The number of hydrogen-bond acceptors (Lipinski definition) is 4. The van der Waals surface area contributed by atoms with Gasteiger partial charge >= 0.3 is 5.97 Å². The molecule has 29 heavy (non-hydrogen) atoms. The molecule has 0 spiro atoms. The van der Waals surface area contributed by atoms with Crippen molar-refractivity contribution in [3.8, 4) is 0 Å². The number of benzene rings is 2. The molecule has 6 heteroatoms. The number of H-pyrrole nitrogens is 1. The number of nitrogens with zero attached hydrogens (tertiary/aromatic N) is 1. The molecule has 152 valence electrons. The van der Waals surface area contributed by atoms with Gasteiger partial charge in [-0.05, 0) is 36.6 Å². The number of fused-ring (bicyclic) bond motifs is 1. The van der Waals surface area contributed by atoms with Gasteiger partial charge in [-0.2, -0.15) is 0 Å². The van der Waals surface area contributed by atoms with E-state index in [1.165, 1.54) is 0 Å². The summed E-state index contributed by atoms with van der Waals surface area (Å²) in [6, 6.07) is 18.0. The minimum atomic E-state index is -0.366. The van der Waals surface area contributed by atoms with E-state index < -0.39 is 0 Å². The molecule has 0 unspecified atom stereocenters. The van der Waals surface area contributed by atoms with Crippen LogP contribution in [0.15, 0.2) is 60.8 Å². The van der Waals surface area contributed by atoms with Crippen molar-refractivity contribution in [2.75, 3.05) is 31.6 Å². The Labute approximate surface area is 170 Å². The molecule has 1 aromatic heterocycles. The number of carbonyl (C=O) groups is 2. The highest BCUT2D eigenvalue weighted by atomic mass is 16.5. The Balaban J connectivity index is 1.29. The lowest BCUT2D eigenvalue weighted by Gasteiger charge is -2.19. The van der Waals surface area contributed by atoms with Crippen LogP contribution in [0.3, 0.4) is 0 Å². The molecule has 0 aliphatic heterocycles. The zero-order valence-corrected chi connectivity index (χ0v) is 16.7. The number of ether oxygens (including phenoxy) is 1. The van der Waals surface area contributed by atoms with Crippen LogP contribution in [0.1, 0.15) is 18.4 Å². The van der Waals surface area contributed by atoms with Crippen LogP contribution in [-0.4, -0.2) is 43.6 Å². The zero-order valence-electron chi connectivity index (χ0n) is 16.7. The summed E-state index contributed by atoms with van der Waals surface area (Å²) in [5, 5.41) is 3.90. The Bertz CT molecular complexity index is 937. The quantitative estimate of drug-likeness (QED) is 0.409. The summed E-state index contributed by atoms with van der Waals surface area (Å²) in [7, 11) is 2.02. The summed E-state index contributed by atoms with van der Waals surface area (Å²) in [5.74, 6) is -0.637. The molecule has 3 aromatic rings. The fourth-order valence-electron chi connectivity index (χ4n) is 3.20. The van der Waals surface area contributed by atoms with Gasteiger partial charge in [0.1, 0.15) is 0 Å². The van der Waals surface area contributed by atoms with Gasteiger partial charge in [-0.1, -0.05) is 36.4 Å². The second-order valence-corrected chi connectivity index (χ2v) is 6.98. The van der Waals surface area contributed by atoms with Crippen molar-refractivity contribution in [3.63, 3.8) is 0 Å². The van der Waals surface area contributed by atoms with Crippen LogP contribution in [0.5, 0.6) is 0 Å². The number of para-hydroxylation sites is 2. The average molecular weight is 393 g/mol. The Morgan fingerprint density at radius 3 is 2.66 bits per heavy atom. The maximum atomic E-state index is 11.9. The van der Waals surface area contributed by atoms with Gasteiger partial charge in [-0.3, -0.25) is 9.59 Å². The molecule has 1 amide bonds. The highest BCUT2D eigenvalue weighted by molar-refractivity contribution is 5.84. The monoisotopic (exact) mass is 393 g/mol. The SMILES string of the molecule is CN(CCCNC(=O)COC(=O)CCc1c[nH]c2ccccc12)c1ccccc1. The van der Waals surface area contributed by atoms with E-state index in [0.717, 1.165) is 35.1 Å². The third-order valence-corrected chi connectivity index (χ3v) is 4.83. The first-order valence-corrected chi connectivity index (χ1v) is 9.87. The second-order valence-electron chi connectivity index (χ2n) is 6.98. The predicted octanol–water partition coefficient (Wildman–Crippen LogP) is 3.29. The van der Waals surface area contributed by atoms with E-state index in [4.69, 9.17) is 4.74 Å². The molecule has 0 saturated carbocycles. The molecule has 3 rings (SSSR count). The van der Waals surface area contributed by atoms with E-state index in [-0.39, 0.29) is 24.9 Å². The summed E-state index contributed by atoms with van der Waals surface area (Å²) in [4.78, 5) is 29.1. The summed E-state index contributed by atoms with van der Waals surface area (Å²) in [5.41, 5.74) is 3.26. The number of esters is 1. The summed E-state index contributed by atoms with van der Waals surface area (Å²) in [6.07, 6.45) is 3.55. The molecule has 0 saturated heterocycles. The standard InChI is InChI=1S/C23H27N3O3/c1-26(19-8-3-2-4-9-19)15-7-14-24-22(27)17-29-23(28)13-12-18-16-25-21-11-6-5-10-20(18)21/h2-6,8-11,16,25H,7,12-15,17H2,1H3,(H,24,27). The molecule has 0 radical (unpaired) electrons. The fourth-order valence-corrected chi connectivity index (χ4v) is 3.20. The van der Waals surface area contributed by atoms with Crippen LogP contribution >= 0.6 is 0 Å². The van der Waals surface area contributed by atoms with E-state index >= 15 is 0 Å². The smallest absolute Gasteiger partial charge is 0.306 e. The first-order valence-electron chi connectivity index (χ1n) is 9.87. The van der Waals surface area contributed by atoms with Gasteiger partial charge in [-0.15, -0.1) is 0 Å². The minimum Gasteiger partial charge on any atom is -0.456 e. The molecular weight excluding hydrogens is 366 g/mol. The number of aryl methyl sites for hydroxylation is 1. The molecule has 0 aliphatic rings. The number of anilines is 1. The number of aromatic nitrogens is 1. The third kappa shape index (κ3) is 6.10. The van der Waals surface area contributed by atoms with Crippen LogP contribution in [-0.2, 0) is 20.7 Å². The number of amides is 1. The highest BCUT2D eigenvalue weighted by Gasteiger charge is 2.10. The molecule has 0 atom stereocenters. The number of aromatic amines is 1. The fraction of sp³-hybridized carbons (Fsp3) is 0.304. The largest absolute Gasteiger partial charge is 0.456 e. The number of carbonyl (C=O) groups excluding carboxylic acids is 2. The van der Waals surface area contributed by atoms with Gasteiger partial charge in [0.15, 0.2) is 6.61 Å². The summed E-state index contributed by atoms with van der Waals surface area (Å²) < 4.78 is 5.09. The van der Waals surface area contributed by atoms with Crippen molar-refractivity contribution in [2.24, 2.45) is 0 Å². The van der Waals surface area contributed by atoms with Crippen LogP contribution in [0, 0.1) is 0 Å². The summed E-state index contributed by atoms with van der Waals surface area (Å²) >= 11 is 0. The predicted molar refractivity (Wildman–Crippen MR) is 115 cm³/mol. The number of hydrogen-bond donors (Lipinski definition) is 2.